The molecule has 7 unspecified atom stereocenters. The molecule has 196 valence electrons. The van der Waals surface area contributed by atoms with E-state index in [0.29, 0.717) is 5.92 Å². The first-order valence-electron chi connectivity index (χ1n) is 14.1. The molecule has 1 saturated heterocycles. The topological polar surface area (TPSA) is 55.8 Å². The van der Waals surface area contributed by atoms with Crippen molar-refractivity contribution < 1.29 is 19.4 Å². The Morgan fingerprint density at radius 2 is 1.77 bits per heavy atom. The summed E-state index contributed by atoms with van der Waals surface area (Å²) in [4.78, 5) is 13.9. The first-order valence-corrected chi connectivity index (χ1v) is 14.1. The van der Waals surface area contributed by atoms with Gasteiger partial charge >= 0.3 is 5.97 Å². The van der Waals surface area contributed by atoms with Gasteiger partial charge < -0.3 is 14.6 Å². The van der Waals surface area contributed by atoms with E-state index in [-0.39, 0.29) is 39.8 Å². The summed E-state index contributed by atoms with van der Waals surface area (Å²) in [6.45, 7) is 15.8. The fraction of sp³-hybridized carbons (Fsp3) is 0.839. The van der Waals surface area contributed by atoms with Crippen LogP contribution in [-0.4, -0.2) is 35.5 Å². The molecule has 4 heteroatoms. The average Bonchev–Trinajstić information content (AvgIpc) is 3.22. The van der Waals surface area contributed by atoms with Gasteiger partial charge in [-0.2, -0.15) is 0 Å². The van der Waals surface area contributed by atoms with E-state index in [9.17, 15) is 9.90 Å². The van der Waals surface area contributed by atoms with E-state index in [0.717, 1.165) is 57.8 Å². The van der Waals surface area contributed by atoms with Gasteiger partial charge in [0.05, 0.1) is 17.1 Å². The first-order chi connectivity index (χ1) is 16.2. The number of aliphatic hydroxyl groups excluding tert-OH is 1. The van der Waals surface area contributed by atoms with Crippen LogP contribution in [0.3, 0.4) is 0 Å². The number of allylic oxidation sites excluding steroid dienone is 4. The number of hydrogen-bond acceptors (Lipinski definition) is 4. The van der Waals surface area contributed by atoms with Gasteiger partial charge in [-0.05, 0) is 106 Å². The Balaban J connectivity index is 1.49. The molecule has 0 bridgehead atoms. The highest BCUT2D eigenvalue weighted by atomic mass is 16.6. The average molecular weight is 485 g/mol. The third-order valence-electron chi connectivity index (χ3n) is 12.1. The molecule has 2 saturated carbocycles. The predicted octanol–water partition coefficient (Wildman–Crippen LogP) is 6.76. The molecule has 5 aliphatic rings. The molecule has 7 atom stereocenters. The number of methoxy groups -OCH3 is 1. The van der Waals surface area contributed by atoms with Gasteiger partial charge in [-0.3, -0.25) is 4.79 Å². The monoisotopic (exact) mass is 484 g/mol. The number of carbonyl (C=O) groups is 1. The molecular formula is C31H48O4. The summed E-state index contributed by atoms with van der Waals surface area (Å²) in [6.07, 6.45) is 13.3. The van der Waals surface area contributed by atoms with Crippen molar-refractivity contribution in [3.63, 3.8) is 0 Å². The predicted molar refractivity (Wildman–Crippen MR) is 139 cm³/mol. The van der Waals surface area contributed by atoms with Crippen molar-refractivity contribution in [2.24, 2.45) is 33.5 Å². The van der Waals surface area contributed by atoms with Crippen LogP contribution in [-0.2, 0) is 14.3 Å². The summed E-state index contributed by atoms with van der Waals surface area (Å²) in [6, 6.07) is 0. The molecule has 3 fully saturated rings. The fourth-order valence-corrected chi connectivity index (χ4v) is 9.58. The van der Waals surface area contributed by atoms with Gasteiger partial charge in [-0.15, -0.1) is 0 Å². The second-order valence-corrected chi connectivity index (χ2v) is 14.4. The molecule has 4 nitrogen and oxygen atoms in total. The highest BCUT2D eigenvalue weighted by Gasteiger charge is 2.74. The van der Waals surface area contributed by atoms with Crippen molar-refractivity contribution in [1.82, 2.24) is 0 Å². The smallest absolute Gasteiger partial charge is 0.314 e. The molecule has 1 heterocycles. The van der Waals surface area contributed by atoms with Crippen LogP contribution in [0.2, 0.25) is 0 Å². The third-order valence-corrected chi connectivity index (χ3v) is 12.1. The Morgan fingerprint density at radius 1 is 1.06 bits per heavy atom. The minimum Gasteiger partial charge on any atom is -0.459 e. The van der Waals surface area contributed by atoms with Gasteiger partial charge in [0.1, 0.15) is 5.60 Å². The molecule has 0 aromatic carbocycles. The maximum atomic E-state index is 13.9. The minimum atomic E-state index is -0.444. The van der Waals surface area contributed by atoms with Crippen LogP contribution in [0, 0.1) is 33.5 Å². The largest absolute Gasteiger partial charge is 0.459 e. The molecule has 0 amide bonds. The number of ether oxygens (including phenoxy) is 2. The highest BCUT2D eigenvalue weighted by molar-refractivity contribution is 5.84. The van der Waals surface area contributed by atoms with Crippen LogP contribution in [0.4, 0.5) is 0 Å². The molecule has 1 spiro atoms. The summed E-state index contributed by atoms with van der Waals surface area (Å²) < 4.78 is 12.0. The van der Waals surface area contributed by atoms with Gasteiger partial charge in [0.2, 0.25) is 0 Å². The van der Waals surface area contributed by atoms with E-state index in [1.807, 2.05) is 0 Å². The van der Waals surface area contributed by atoms with Crippen LogP contribution < -0.4 is 0 Å². The van der Waals surface area contributed by atoms with Crippen molar-refractivity contribution in [1.29, 1.82) is 0 Å². The number of aliphatic hydroxyl groups is 1. The number of rotatable bonds is 5. The zero-order valence-corrected chi connectivity index (χ0v) is 23.4. The second kappa shape index (κ2) is 7.69. The summed E-state index contributed by atoms with van der Waals surface area (Å²) in [7, 11) is 1.78. The number of fused-ring (bicyclic) bond motifs is 4. The lowest BCUT2D eigenvalue weighted by Crippen LogP contribution is -2.55. The van der Waals surface area contributed by atoms with Crippen LogP contribution >= 0.6 is 0 Å². The van der Waals surface area contributed by atoms with E-state index in [2.05, 4.69) is 60.6 Å². The van der Waals surface area contributed by atoms with Crippen LogP contribution in [0.15, 0.2) is 23.3 Å². The lowest BCUT2D eigenvalue weighted by molar-refractivity contribution is -0.158. The maximum Gasteiger partial charge on any atom is 0.314 e. The number of carbonyl (C=O) groups excluding carboxylic acids is 1. The summed E-state index contributed by atoms with van der Waals surface area (Å²) in [5, 5.41) is 10.8. The van der Waals surface area contributed by atoms with Gasteiger partial charge in [0, 0.05) is 18.4 Å². The van der Waals surface area contributed by atoms with Crippen molar-refractivity contribution in [3.05, 3.63) is 23.3 Å². The SMILES string of the molecule is COC(C)(C)CCCC1(C)OC(=O)C23CC=C4C(=CCC5C4(C)CCC(O)C5(C)C)C2(C)CCC13. The van der Waals surface area contributed by atoms with Crippen LogP contribution in [0.5, 0.6) is 0 Å². The van der Waals surface area contributed by atoms with E-state index >= 15 is 0 Å². The lowest BCUT2D eigenvalue weighted by atomic mass is 9.44. The van der Waals surface area contributed by atoms with Gasteiger partial charge in [0.25, 0.3) is 0 Å². The van der Waals surface area contributed by atoms with Crippen molar-refractivity contribution in [2.45, 2.75) is 124 Å². The van der Waals surface area contributed by atoms with E-state index in [1.165, 1.54) is 11.1 Å². The molecule has 0 radical (unpaired) electrons. The normalized spacial score (nSPS) is 46.1. The number of esters is 1. The van der Waals surface area contributed by atoms with Crippen LogP contribution in [0.25, 0.3) is 0 Å². The fourth-order valence-electron chi connectivity index (χ4n) is 9.58. The van der Waals surface area contributed by atoms with E-state index < -0.39 is 11.0 Å². The summed E-state index contributed by atoms with van der Waals surface area (Å²) >= 11 is 0. The lowest BCUT2D eigenvalue weighted by Gasteiger charge is -2.60. The molecular weight excluding hydrogens is 436 g/mol. The van der Waals surface area contributed by atoms with Crippen LogP contribution in [0.1, 0.15) is 106 Å². The van der Waals surface area contributed by atoms with E-state index in [1.54, 1.807) is 7.11 Å². The maximum absolute atomic E-state index is 13.9. The Labute approximate surface area is 212 Å². The van der Waals surface area contributed by atoms with E-state index in [4.69, 9.17) is 9.47 Å². The molecule has 1 N–H and O–H groups in total. The standard InChI is InChI=1S/C31H48O4/c1-26(2,34-8)15-9-16-30(7)23-13-18-29(6)21-10-11-22-27(3,4)24(32)14-17-28(22,5)20(21)12-19-31(23,29)25(33)35-30/h10,12,22-24,32H,9,11,13-19H2,1-8H3. The van der Waals surface area contributed by atoms with Crippen molar-refractivity contribution in [2.75, 3.05) is 7.11 Å². The minimum absolute atomic E-state index is 0.0406. The summed E-state index contributed by atoms with van der Waals surface area (Å²) in [5.74, 6) is 0.722. The molecule has 0 aromatic heterocycles. The molecule has 5 rings (SSSR count). The Bertz CT molecular complexity index is 974. The zero-order valence-electron chi connectivity index (χ0n) is 23.4. The Kier molecular flexibility index (Phi) is 5.61. The second-order valence-electron chi connectivity index (χ2n) is 14.4. The number of cyclic esters (lactones) is 1. The first kappa shape index (κ1) is 25.5. The molecule has 1 aliphatic heterocycles. The summed E-state index contributed by atoms with van der Waals surface area (Å²) in [5.41, 5.74) is 1.70. The highest BCUT2D eigenvalue weighted by Crippen LogP contribution is 2.74. The molecule has 0 aromatic rings. The number of hydrogen-bond donors (Lipinski definition) is 1. The zero-order chi connectivity index (χ0) is 25.7. The van der Waals surface area contributed by atoms with Gasteiger partial charge in [-0.1, -0.05) is 39.8 Å². The molecule has 4 aliphatic carbocycles. The molecule has 35 heavy (non-hydrogen) atoms. The van der Waals surface area contributed by atoms with Gasteiger partial charge in [0.15, 0.2) is 0 Å². The van der Waals surface area contributed by atoms with Crippen molar-refractivity contribution in [3.8, 4) is 0 Å². The third kappa shape index (κ3) is 3.20. The Hall–Kier alpha value is -1.13. The van der Waals surface area contributed by atoms with Gasteiger partial charge in [-0.25, -0.2) is 0 Å². The Morgan fingerprint density at radius 3 is 2.46 bits per heavy atom. The quantitative estimate of drug-likeness (QED) is 0.438. The van der Waals surface area contributed by atoms with Crippen molar-refractivity contribution >= 4 is 5.97 Å².